The Labute approximate surface area is 132 Å². The molecule has 2 N–H and O–H groups in total. The molecule has 0 aromatic heterocycles. The smallest absolute Gasteiger partial charge is 0.260 e. The number of benzene rings is 1. The summed E-state index contributed by atoms with van der Waals surface area (Å²) in [5.41, 5.74) is 2.28. The Bertz CT molecular complexity index is 478. The lowest BCUT2D eigenvalue weighted by molar-refractivity contribution is -0.906. The molecule has 1 fully saturated rings. The highest BCUT2D eigenvalue weighted by Gasteiger charge is 2.17. The van der Waals surface area contributed by atoms with E-state index in [0.717, 1.165) is 49.7 Å². The van der Waals surface area contributed by atoms with Gasteiger partial charge in [-0.25, -0.2) is 0 Å². The summed E-state index contributed by atoms with van der Waals surface area (Å²) in [5, 5.41) is 2.95. The summed E-state index contributed by atoms with van der Waals surface area (Å²) >= 11 is 0. The van der Waals surface area contributed by atoms with Gasteiger partial charge in [-0.2, -0.15) is 0 Å². The van der Waals surface area contributed by atoms with Crippen molar-refractivity contribution < 1.29 is 19.2 Å². The molecule has 1 aliphatic heterocycles. The molecule has 0 radical (unpaired) electrons. The number of carbonyl (C=O) groups excluding carboxylic acids is 1. The molecule has 1 amide bonds. The van der Waals surface area contributed by atoms with Crippen molar-refractivity contribution in [1.82, 2.24) is 5.32 Å². The van der Waals surface area contributed by atoms with Gasteiger partial charge in [-0.3, -0.25) is 4.79 Å². The average Bonchev–Trinajstić information content (AvgIpc) is 2.47. The van der Waals surface area contributed by atoms with Gasteiger partial charge in [-0.15, -0.1) is 0 Å². The first-order valence-electron chi connectivity index (χ1n) is 7.98. The topological polar surface area (TPSA) is 52.0 Å². The first kappa shape index (κ1) is 16.8. The first-order chi connectivity index (χ1) is 10.5. The second-order valence-electron chi connectivity index (χ2n) is 5.99. The summed E-state index contributed by atoms with van der Waals surface area (Å²) in [6.45, 7) is 11.1. The molecular weight excluding hydrogens is 280 g/mol. The normalized spacial score (nSPS) is 17.0. The predicted octanol–water partition coefficient (Wildman–Crippen LogP) is 0.102. The van der Waals surface area contributed by atoms with Crippen LogP contribution in [0.25, 0.3) is 0 Å². The molecule has 0 aliphatic carbocycles. The van der Waals surface area contributed by atoms with Crippen LogP contribution >= 0.6 is 0 Å². The Balaban J connectivity index is 1.74. The first-order valence-corrected chi connectivity index (χ1v) is 7.98. The minimum absolute atomic E-state index is 0.0631. The second kappa shape index (κ2) is 8.15. The zero-order chi connectivity index (χ0) is 15.9. The number of carbonyl (C=O) groups is 1. The molecular formula is C17H27N2O3+. The van der Waals surface area contributed by atoms with E-state index >= 15 is 0 Å². The fourth-order valence-corrected chi connectivity index (χ4v) is 2.67. The van der Waals surface area contributed by atoms with E-state index < -0.39 is 6.10 Å². The van der Waals surface area contributed by atoms with Gasteiger partial charge in [0.05, 0.1) is 26.3 Å². The van der Waals surface area contributed by atoms with Crippen LogP contribution in [0, 0.1) is 13.8 Å². The molecule has 122 valence electrons. The maximum absolute atomic E-state index is 12.1. The molecule has 1 aliphatic rings. The fourth-order valence-electron chi connectivity index (χ4n) is 2.67. The van der Waals surface area contributed by atoms with Crippen LogP contribution in [-0.2, 0) is 9.53 Å². The molecule has 2 rings (SSSR count). The van der Waals surface area contributed by atoms with E-state index in [9.17, 15) is 4.79 Å². The number of hydrogen-bond acceptors (Lipinski definition) is 3. The van der Waals surface area contributed by atoms with E-state index in [1.165, 1.54) is 4.90 Å². The Morgan fingerprint density at radius 2 is 1.91 bits per heavy atom. The Hall–Kier alpha value is -1.59. The maximum Gasteiger partial charge on any atom is 0.260 e. The maximum atomic E-state index is 12.1. The largest absolute Gasteiger partial charge is 0.481 e. The molecule has 5 heteroatoms. The summed E-state index contributed by atoms with van der Waals surface area (Å²) < 4.78 is 11.1. The molecule has 1 saturated heterocycles. The van der Waals surface area contributed by atoms with E-state index in [1.54, 1.807) is 6.92 Å². The van der Waals surface area contributed by atoms with E-state index in [4.69, 9.17) is 9.47 Å². The second-order valence-corrected chi connectivity index (χ2v) is 5.99. The van der Waals surface area contributed by atoms with Crippen molar-refractivity contribution in [3.05, 3.63) is 29.3 Å². The highest BCUT2D eigenvalue weighted by molar-refractivity contribution is 5.80. The van der Waals surface area contributed by atoms with Crippen molar-refractivity contribution >= 4 is 5.91 Å². The third kappa shape index (κ3) is 5.31. The van der Waals surface area contributed by atoms with Crippen LogP contribution in [0.5, 0.6) is 5.75 Å². The summed E-state index contributed by atoms with van der Waals surface area (Å²) in [6, 6.07) is 5.99. The standard InChI is InChI=1S/C17H26N2O3/c1-13-10-14(2)12-16(11-13)22-15(3)17(20)18-4-5-19-6-8-21-9-7-19/h10-12,15H,4-9H2,1-3H3,(H,18,20)/p+1/t15-/m0/s1. The van der Waals surface area contributed by atoms with E-state index in [1.807, 2.05) is 26.0 Å². The molecule has 22 heavy (non-hydrogen) atoms. The van der Waals surface area contributed by atoms with Gasteiger partial charge in [0.25, 0.3) is 5.91 Å². The van der Waals surface area contributed by atoms with Crippen molar-refractivity contribution in [3.63, 3.8) is 0 Å². The van der Waals surface area contributed by atoms with Crippen molar-refractivity contribution in [2.45, 2.75) is 26.9 Å². The minimum Gasteiger partial charge on any atom is -0.481 e. The summed E-state index contributed by atoms with van der Waals surface area (Å²) in [7, 11) is 0. The van der Waals surface area contributed by atoms with E-state index in [-0.39, 0.29) is 5.91 Å². The van der Waals surface area contributed by atoms with Crippen molar-refractivity contribution in [1.29, 1.82) is 0 Å². The molecule has 1 aromatic rings. The van der Waals surface area contributed by atoms with Gasteiger partial charge in [0.1, 0.15) is 18.8 Å². The van der Waals surface area contributed by atoms with E-state index in [2.05, 4.69) is 11.4 Å². The number of ether oxygens (including phenoxy) is 2. The number of amides is 1. The summed E-state index contributed by atoms with van der Waals surface area (Å²) in [5.74, 6) is 0.686. The number of morpholine rings is 1. The molecule has 0 spiro atoms. The van der Waals surface area contributed by atoms with Crippen LogP contribution in [0.1, 0.15) is 18.1 Å². The van der Waals surface area contributed by atoms with Crippen LogP contribution in [0.2, 0.25) is 0 Å². The number of aryl methyl sites for hydroxylation is 2. The van der Waals surface area contributed by atoms with Gasteiger partial charge in [0.2, 0.25) is 0 Å². The van der Waals surface area contributed by atoms with Crippen LogP contribution in [0.15, 0.2) is 18.2 Å². The Morgan fingerprint density at radius 1 is 1.27 bits per heavy atom. The number of nitrogens with one attached hydrogen (secondary N) is 2. The molecule has 1 heterocycles. The van der Waals surface area contributed by atoms with Gasteiger partial charge in [0.15, 0.2) is 6.10 Å². The lowest BCUT2D eigenvalue weighted by atomic mass is 10.1. The van der Waals surface area contributed by atoms with Gasteiger partial charge in [-0.05, 0) is 44.0 Å². The minimum atomic E-state index is -0.485. The highest BCUT2D eigenvalue weighted by atomic mass is 16.5. The van der Waals surface area contributed by atoms with Crippen LogP contribution in [-0.4, -0.2) is 51.4 Å². The highest BCUT2D eigenvalue weighted by Crippen LogP contribution is 2.17. The lowest BCUT2D eigenvalue weighted by Crippen LogP contribution is -3.14. The molecule has 0 unspecified atom stereocenters. The van der Waals surface area contributed by atoms with Crippen molar-refractivity contribution in [3.8, 4) is 5.75 Å². The predicted molar refractivity (Wildman–Crippen MR) is 85.4 cm³/mol. The van der Waals surface area contributed by atoms with E-state index in [0.29, 0.717) is 6.54 Å². The van der Waals surface area contributed by atoms with Crippen LogP contribution in [0.3, 0.4) is 0 Å². The summed E-state index contributed by atoms with van der Waals surface area (Å²) in [6.07, 6.45) is -0.485. The number of rotatable bonds is 6. The fraction of sp³-hybridized carbons (Fsp3) is 0.588. The molecule has 1 aromatic carbocycles. The van der Waals surface area contributed by atoms with Crippen molar-refractivity contribution in [2.24, 2.45) is 0 Å². The molecule has 0 saturated carbocycles. The third-order valence-electron chi connectivity index (χ3n) is 3.85. The molecule has 1 atom stereocenters. The van der Waals surface area contributed by atoms with Gasteiger partial charge in [0, 0.05) is 0 Å². The Morgan fingerprint density at radius 3 is 2.55 bits per heavy atom. The van der Waals surface area contributed by atoms with Crippen LogP contribution in [0.4, 0.5) is 0 Å². The molecule has 0 bridgehead atoms. The molecule has 5 nitrogen and oxygen atoms in total. The summed E-state index contributed by atoms with van der Waals surface area (Å²) in [4.78, 5) is 13.6. The lowest BCUT2D eigenvalue weighted by Gasteiger charge is -2.24. The quantitative estimate of drug-likeness (QED) is 0.784. The number of quaternary nitrogens is 1. The number of hydrogen-bond donors (Lipinski definition) is 2. The zero-order valence-corrected chi connectivity index (χ0v) is 13.8. The third-order valence-corrected chi connectivity index (χ3v) is 3.85. The van der Waals surface area contributed by atoms with Gasteiger partial charge in [-0.1, -0.05) is 6.07 Å². The monoisotopic (exact) mass is 307 g/mol. The van der Waals surface area contributed by atoms with Crippen LogP contribution < -0.4 is 15.0 Å². The van der Waals surface area contributed by atoms with Gasteiger partial charge < -0.3 is 19.7 Å². The Kier molecular flexibility index (Phi) is 6.21. The SMILES string of the molecule is Cc1cc(C)cc(O[C@@H](C)C(=O)NCC[NH+]2CCOCC2)c1. The average molecular weight is 307 g/mol. The van der Waals surface area contributed by atoms with Gasteiger partial charge >= 0.3 is 0 Å². The zero-order valence-electron chi connectivity index (χ0n) is 13.8. The van der Waals surface area contributed by atoms with Crippen molar-refractivity contribution in [2.75, 3.05) is 39.4 Å².